The van der Waals surface area contributed by atoms with Gasteiger partial charge in [0.15, 0.2) is 5.13 Å². The molecule has 1 aromatic heterocycles. The maximum atomic E-state index is 12.4. The molecule has 1 aliphatic rings. The van der Waals surface area contributed by atoms with E-state index >= 15 is 0 Å². The zero-order valence-corrected chi connectivity index (χ0v) is 15.2. The van der Waals surface area contributed by atoms with E-state index < -0.39 is 12.1 Å². The van der Waals surface area contributed by atoms with Gasteiger partial charge >= 0.3 is 6.03 Å². The molecule has 0 bridgehead atoms. The van der Waals surface area contributed by atoms with Crippen LogP contribution in [0.15, 0.2) is 35.7 Å². The lowest BCUT2D eigenvalue weighted by atomic mass is 10.1. The molecule has 3 rings (SSSR count). The quantitative estimate of drug-likeness (QED) is 0.730. The average molecular weight is 372 g/mol. The monoisotopic (exact) mass is 372 g/mol. The lowest BCUT2D eigenvalue weighted by Gasteiger charge is -2.13. The molecule has 0 spiro atoms. The number of urea groups is 1. The van der Waals surface area contributed by atoms with Crippen LogP contribution in [0, 0.1) is 6.92 Å². The number of rotatable bonds is 7. The highest BCUT2D eigenvalue weighted by Gasteiger charge is 2.37. The first-order valence-corrected chi connectivity index (χ1v) is 9.28. The topological polar surface area (TPSA) is 91.4 Å². The largest absolute Gasteiger partial charge is 0.326 e. The van der Waals surface area contributed by atoms with E-state index in [1.165, 1.54) is 16.2 Å². The summed E-state index contributed by atoms with van der Waals surface area (Å²) in [7, 11) is 0. The number of nitrogens with zero attached hydrogens (tertiary/aromatic N) is 2. The predicted octanol–water partition coefficient (Wildman–Crippen LogP) is 2.33. The molecule has 8 heteroatoms. The van der Waals surface area contributed by atoms with Crippen molar-refractivity contribution in [2.24, 2.45) is 0 Å². The number of thiazole rings is 1. The first-order valence-electron chi connectivity index (χ1n) is 8.40. The molecule has 1 fully saturated rings. The molecule has 1 aromatic carbocycles. The highest BCUT2D eigenvalue weighted by molar-refractivity contribution is 7.13. The molecule has 2 aromatic rings. The van der Waals surface area contributed by atoms with Gasteiger partial charge in [0, 0.05) is 18.3 Å². The van der Waals surface area contributed by atoms with Gasteiger partial charge in [-0.05, 0) is 25.3 Å². The molecule has 2 heterocycles. The van der Waals surface area contributed by atoms with Crippen molar-refractivity contribution in [3.05, 3.63) is 47.0 Å². The molecule has 136 valence electrons. The molecule has 1 atom stereocenters. The minimum Gasteiger partial charge on any atom is -0.326 e. The Morgan fingerprint density at radius 1 is 1.31 bits per heavy atom. The van der Waals surface area contributed by atoms with Crippen molar-refractivity contribution in [2.75, 3.05) is 11.9 Å². The number of aromatic nitrogens is 1. The summed E-state index contributed by atoms with van der Waals surface area (Å²) in [6, 6.07) is 8.64. The smallest absolute Gasteiger partial charge is 0.324 e. The number of hydrogen-bond donors (Lipinski definition) is 2. The third kappa shape index (κ3) is 4.45. The molecule has 26 heavy (non-hydrogen) atoms. The Balaban J connectivity index is 1.48. The Hall–Kier alpha value is -2.74. The normalized spacial score (nSPS) is 16.7. The van der Waals surface area contributed by atoms with Gasteiger partial charge < -0.3 is 10.6 Å². The number of carbonyl (C=O) groups is 3. The SMILES string of the molecule is Cc1csc(NC(=O)CC[C@H]2NC(=O)N(CCc3ccccc3)C2=O)n1. The van der Waals surface area contributed by atoms with Crippen molar-refractivity contribution in [1.82, 2.24) is 15.2 Å². The van der Waals surface area contributed by atoms with E-state index in [0.717, 1.165) is 11.3 Å². The maximum Gasteiger partial charge on any atom is 0.324 e. The molecule has 2 N–H and O–H groups in total. The molecular formula is C18H20N4O3S. The number of aryl methyl sites for hydroxylation is 1. The van der Waals surface area contributed by atoms with E-state index in [4.69, 9.17) is 0 Å². The van der Waals surface area contributed by atoms with E-state index in [1.54, 1.807) is 0 Å². The molecule has 0 saturated carbocycles. The molecule has 1 saturated heterocycles. The van der Waals surface area contributed by atoms with Crippen LogP contribution in [0.25, 0.3) is 0 Å². The third-order valence-electron chi connectivity index (χ3n) is 4.10. The van der Waals surface area contributed by atoms with E-state index in [0.29, 0.717) is 18.1 Å². The average Bonchev–Trinajstić information content (AvgIpc) is 3.15. The number of anilines is 1. The van der Waals surface area contributed by atoms with Crippen LogP contribution in [-0.2, 0) is 16.0 Å². The van der Waals surface area contributed by atoms with Crippen molar-refractivity contribution < 1.29 is 14.4 Å². The zero-order chi connectivity index (χ0) is 18.5. The van der Waals surface area contributed by atoms with Crippen LogP contribution >= 0.6 is 11.3 Å². The minimum atomic E-state index is -0.651. The Kier molecular flexibility index (Phi) is 5.62. The Bertz CT molecular complexity index is 806. The second kappa shape index (κ2) is 8.09. The highest BCUT2D eigenvalue weighted by atomic mass is 32.1. The van der Waals surface area contributed by atoms with Crippen LogP contribution in [0.5, 0.6) is 0 Å². The molecule has 0 aliphatic carbocycles. The maximum absolute atomic E-state index is 12.4. The summed E-state index contributed by atoms with van der Waals surface area (Å²) >= 11 is 1.35. The summed E-state index contributed by atoms with van der Waals surface area (Å²) in [5.41, 5.74) is 1.91. The first-order chi connectivity index (χ1) is 12.5. The van der Waals surface area contributed by atoms with Crippen LogP contribution in [0.1, 0.15) is 24.1 Å². The molecule has 4 amide bonds. The number of imide groups is 1. The minimum absolute atomic E-state index is 0.141. The molecule has 7 nitrogen and oxygen atoms in total. The Morgan fingerprint density at radius 3 is 2.77 bits per heavy atom. The van der Waals surface area contributed by atoms with E-state index in [1.807, 2.05) is 42.6 Å². The van der Waals surface area contributed by atoms with Crippen molar-refractivity contribution in [2.45, 2.75) is 32.2 Å². The van der Waals surface area contributed by atoms with Crippen molar-refractivity contribution in [3.8, 4) is 0 Å². The molecule has 0 unspecified atom stereocenters. The zero-order valence-electron chi connectivity index (χ0n) is 14.4. The van der Waals surface area contributed by atoms with Gasteiger partial charge in [-0.2, -0.15) is 0 Å². The van der Waals surface area contributed by atoms with E-state index in [-0.39, 0.29) is 24.7 Å². The van der Waals surface area contributed by atoms with Gasteiger partial charge in [0.05, 0.1) is 5.69 Å². The summed E-state index contributed by atoms with van der Waals surface area (Å²) in [5.74, 6) is -0.493. The lowest BCUT2D eigenvalue weighted by Crippen LogP contribution is -2.33. The second-order valence-electron chi connectivity index (χ2n) is 6.11. The fourth-order valence-corrected chi connectivity index (χ4v) is 3.44. The Morgan fingerprint density at radius 2 is 2.08 bits per heavy atom. The van der Waals surface area contributed by atoms with Gasteiger partial charge in [-0.15, -0.1) is 11.3 Å². The predicted molar refractivity (Wildman–Crippen MR) is 98.9 cm³/mol. The summed E-state index contributed by atoms with van der Waals surface area (Å²) in [6.07, 6.45) is 1.01. The van der Waals surface area contributed by atoms with Crippen LogP contribution in [0.4, 0.5) is 9.93 Å². The van der Waals surface area contributed by atoms with Crippen LogP contribution in [0.3, 0.4) is 0 Å². The standard InChI is InChI=1S/C18H20N4O3S/c1-12-11-26-17(19-12)21-15(23)8-7-14-16(24)22(18(25)20-14)10-9-13-5-3-2-4-6-13/h2-6,11,14H,7-10H2,1H3,(H,20,25)(H,19,21,23)/t14-/m1/s1. The number of benzene rings is 1. The molecule has 0 radical (unpaired) electrons. The summed E-state index contributed by atoms with van der Waals surface area (Å²) in [5, 5.41) is 7.75. The van der Waals surface area contributed by atoms with Crippen molar-refractivity contribution >= 4 is 34.3 Å². The number of amides is 4. The fraction of sp³-hybridized carbons (Fsp3) is 0.333. The van der Waals surface area contributed by atoms with Crippen LogP contribution in [-0.4, -0.2) is 40.3 Å². The van der Waals surface area contributed by atoms with Crippen molar-refractivity contribution in [3.63, 3.8) is 0 Å². The van der Waals surface area contributed by atoms with Gasteiger partial charge in [0.25, 0.3) is 5.91 Å². The Labute approximate surface area is 155 Å². The van der Waals surface area contributed by atoms with Gasteiger partial charge in [0.1, 0.15) is 6.04 Å². The van der Waals surface area contributed by atoms with Gasteiger partial charge in [-0.1, -0.05) is 30.3 Å². The summed E-state index contributed by atoms with van der Waals surface area (Å²) in [4.78, 5) is 41.8. The molecule has 1 aliphatic heterocycles. The van der Waals surface area contributed by atoms with E-state index in [2.05, 4.69) is 15.6 Å². The number of nitrogens with one attached hydrogen (secondary N) is 2. The fourth-order valence-electron chi connectivity index (χ4n) is 2.74. The van der Waals surface area contributed by atoms with Gasteiger partial charge in [-0.3, -0.25) is 14.5 Å². The lowest BCUT2D eigenvalue weighted by molar-refractivity contribution is -0.127. The van der Waals surface area contributed by atoms with Crippen LogP contribution < -0.4 is 10.6 Å². The van der Waals surface area contributed by atoms with Gasteiger partial charge in [0.2, 0.25) is 5.91 Å². The summed E-state index contributed by atoms with van der Waals surface area (Å²) in [6.45, 7) is 2.18. The third-order valence-corrected chi connectivity index (χ3v) is 4.97. The first kappa shape index (κ1) is 18.1. The number of carbonyl (C=O) groups excluding carboxylic acids is 3. The highest BCUT2D eigenvalue weighted by Crippen LogP contribution is 2.16. The van der Waals surface area contributed by atoms with Crippen LogP contribution in [0.2, 0.25) is 0 Å². The second-order valence-corrected chi connectivity index (χ2v) is 6.97. The van der Waals surface area contributed by atoms with E-state index in [9.17, 15) is 14.4 Å². The summed E-state index contributed by atoms with van der Waals surface area (Å²) < 4.78 is 0. The number of hydrogen-bond acceptors (Lipinski definition) is 5. The molecular weight excluding hydrogens is 352 g/mol. The van der Waals surface area contributed by atoms with Crippen molar-refractivity contribution in [1.29, 1.82) is 0 Å². The van der Waals surface area contributed by atoms with Gasteiger partial charge in [-0.25, -0.2) is 9.78 Å².